The fraction of sp³-hybridized carbons (Fsp3) is 0.118. The molecule has 0 radical (unpaired) electrons. The summed E-state index contributed by atoms with van der Waals surface area (Å²) in [7, 11) is -3.68. The van der Waals surface area contributed by atoms with Crippen molar-refractivity contribution in [1.82, 2.24) is 14.5 Å². The summed E-state index contributed by atoms with van der Waals surface area (Å²) >= 11 is 0. The van der Waals surface area contributed by atoms with Crippen LogP contribution in [0.25, 0.3) is 5.69 Å². The first kappa shape index (κ1) is 18.5. The Morgan fingerprint density at radius 2 is 1.74 bits per heavy atom. The Morgan fingerprint density at radius 3 is 2.41 bits per heavy atom. The average Bonchev–Trinajstić information content (AvgIpc) is 3.18. The van der Waals surface area contributed by atoms with Crippen molar-refractivity contribution in [3.05, 3.63) is 77.1 Å². The summed E-state index contributed by atoms with van der Waals surface area (Å²) < 4.78 is 28.7. The molecule has 3 rings (SSSR count). The number of hydrogen-bond acceptors (Lipinski definition) is 6. The Labute approximate surface area is 155 Å². The van der Waals surface area contributed by atoms with E-state index in [1.807, 2.05) is 30.3 Å². The first-order valence-corrected chi connectivity index (χ1v) is 9.52. The lowest BCUT2D eigenvalue weighted by Gasteiger charge is -2.07. The van der Waals surface area contributed by atoms with Crippen molar-refractivity contribution >= 4 is 21.4 Å². The van der Waals surface area contributed by atoms with Crippen LogP contribution in [0.15, 0.2) is 71.9 Å². The van der Waals surface area contributed by atoms with Gasteiger partial charge in [0.15, 0.2) is 0 Å². The molecule has 27 heavy (non-hydrogen) atoms. The van der Waals surface area contributed by atoms with Gasteiger partial charge in [-0.05, 0) is 24.3 Å². The third kappa shape index (κ3) is 4.68. The predicted octanol–water partition coefficient (Wildman–Crippen LogP) is 2.17. The minimum atomic E-state index is -3.68. The van der Waals surface area contributed by atoms with Crippen molar-refractivity contribution in [3.63, 3.8) is 0 Å². The van der Waals surface area contributed by atoms with Crippen LogP contribution >= 0.6 is 0 Å². The molecule has 1 heterocycles. The Morgan fingerprint density at radius 1 is 1.04 bits per heavy atom. The van der Waals surface area contributed by atoms with Crippen LogP contribution in [0.2, 0.25) is 0 Å². The Kier molecular flexibility index (Phi) is 5.48. The molecule has 0 aliphatic carbocycles. The molecule has 0 bridgehead atoms. The third-order valence-electron chi connectivity index (χ3n) is 3.71. The lowest BCUT2D eigenvalue weighted by Crippen LogP contribution is -2.28. The molecule has 3 aromatic rings. The number of nitrogens with one attached hydrogen (secondary N) is 2. The first-order chi connectivity index (χ1) is 13.0. The third-order valence-corrected chi connectivity index (χ3v) is 5.13. The highest BCUT2D eigenvalue weighted by Crippen LogP contribution is 2.15. The molecule has 10 heteroatoms. The highest BCUT2D eigenvalue weighted by Gasteiger charge is 2.16. The zero-order valence-electron chi connectivity index (χ0n) is 14.1. The number of nitro groups is 1. The van der Waals surface area contributed by atoms with Crippen molar-refractivity contribution in [2.75, 3.05) is 18.4 Å². The quantitative estimate of drug-likeness (QED) is 0.347. The summed E-state index contributed by atoms with van der Waals surface area (Å²) in [4.78, 5) is 10.2. The molecule has 140 valence electrons. The molecule has 9 nitrogen and oxygen atoms in total. The zero-order valence-corrected chi connectivity index (χ0v) is 15.0. The molecule has 0 aliphatic heterocycles. The van der Waals surface area contributed by atoms with Gasteiger partial charge < -0.3 is 5.32 Å². The maximum atomic E-state index is 12.3. The molecular formula is C17H17N5O4S. The maximum Gasteiger partial charge on any atom is 0.269 e. The molecule has 0 atom stereocenters. The van der Waals surface area contributed by atoms with Crippen molar-refractivity contribution in [1.29, 1.82) is 0 Å². The molecular weight excluding hydrogens is 370 g/mol. The lowest BCUT2D eigenvalue weighted by atomic mass is 10.3. The topological polar surface area (TPSA) is 119 Å². The van der Waals surface area contributed by atoms with Gasteiger partial charge in [-0.1, -0.05) is 18.2 Å². The number of nitrogens with zero attached hydrogens (tertiary/aromatic N) is 3. The van der Waals surface area contributed by atoms with Gasteiger partial charge in [-0.15, -0.1) is 0 Å². The van der Waals surface area contributed by atoms with E-state index in [2.05, 4.69) is 15.1 Å². The summed E-state index contributed by atoms with van der Waals surface area (Å²) in [5, 5.41) is 17.7. The second kappa shape index (κ2) is 7.98. The monoisotopic (exact) mass is 387 g/mol. The van der Waals surface area contributed by atoms with Crippen LogP contribution in [0.1, 0.15) is 0 Å². The standard InChI is InChI=1S/C17H17N5O4S/c23-22(24)16-8-6-14(7-9-16)18-10-11-20-27(25,26)17-12-19-21(13-17)15-4-2-1-3-5-15/h1-9,12-13,18,20H,10-11H2. The van der Waals surface area contributed by atoms with E-state index in [0.717, 1.165) is 5.69 Å². The molecule has 1 aromatic heterocycles. The highest BCUT2D eigenvalue weighted by atomic mass is 32.2. The van der Waals surface area contributed by atoms with E-state index in [1.165, 1.54) is 29.2 Å². The molecule has 2 N–H and O–H groups in total. The maximum absolute atomic E-state index is 12.3. The normalized spacial score (nSPS) is 11.3. The molecule has 0 saturated heterocycles. The molecule has 0 fully saturated rings. The van der Waals surface area contributed by atoms with Gasteiger partial charge in [0.05, 0.1) is 23.0 Å². The second-order valence-corrected chi connectivity index (χ2v) is 7.35. The average molecular weight is 387 g/mol. The Bertz CT molecular complexity index is 1020. The fourth-order valence-corrected chi connectivity index (χ4v) is 3.31. The smallest absolute Gasteiger partial charge is 0.269 e. The van der Waals surface area contributed by atoms with E-state index < -0.39 is 14.9 Å². The van der Waals surface area contributed by atoms with Crippen LogP contribution in [-0.2, 0) is 10.0 Å². The summed E-state index contributed by atoms with van der Waals surface area (Å²) in [5.41, 5.74) is 1.42. The first-order valence-electron chi connectivity index (χ1n) is 8.04. The number of benzene rings is 2. The molecule has 2 aromatic carbocycles. The van der Waals surface area contributed by atoms with Gasteiger partial charge in [0, 0.05) is 30.9 Å². The Balaban J connectivity index is 1.54. The summed E-state index contributed by atoms with van der Waals surface area (Å²) in [6.45, 7) is 0.472. The number of rotatable bonds is 8. The van der Waals surface area contributed by atoms with Gasteiger partial charge in [0.2, 0.25) is 10.0 Å². The minimum Gasteiger partial charge on any atom is -0.384 e. The molecule has 0 amide bonds. The van der Waals surface area contributed by atoms with Gasteiger partial charge >= 0.3 is 0 Å². The molecule has 0 unspecified atom stereocenters. The molecule has 0 saturated carbocycles. The number of non-ortho nitro benzene ring substituents is 1. The number of hydrogen-bond donors (Lipinski definition) is 2. The van der Waals surface area contributed by atoms with Crippen molar-refractivity contribution in [2.45, 2.75) is 4.90 Å². The van der Waals surface area contributed by atoms with E-state index in [0.29, 0.717) is 12.2 Å². The van der Waals surface area contributed by atoms with Crippen molar-refractivity contribution < 1.29 is 13.3 Å². The van der Waals surface area contributed by atoms with Crippen molar-refractivity contribution in [3.8, 4) is 5.69 Å². The largest absolute Gasteiger partial charge is 0.384 e. The van der Waals surface area contributed by atoms with Crippen molar-refractivity contribution in [2.24, 2.45) is 0 Å². The highest BCUT2D eigenvalue weighted by molar-refractivity contribution is 7.89. The van der Waals surface area contributed by atoms with Gasteiger partial charge in [-0.25, -0.2) is 17.8 Å². The Hall–Kier alpha value is -3.24. The van der Waals surface area contributed by atoms with Gasteiger partial charge in [-0.3, -0.25) is 10.1 Å². The number of anilines is 1. The number of nitro benzene ring substituents is 1. The fourth-order valence-electron chi connectivity index (χ4n) is 2.34. The number of aromatic nitrogens is 2. The van der Waals surface area contributed by atoms with Gasteiger partial charge in [0.1, 0.15) is 4.90 Å². The van der Waals surface area contributed by atoms with Crippen LogP contribution in [0.5, 0.6) is 0 Å². The summed E-state index contributed by atoms with van der Waals surface area (Å²) in [6, 6.07) is 15.1. The predicted molar refractivity (Wildman–Crippen MR) is 100 cm³/mol. The van der Waals surface area contributed by atoms with Crippen LogP contribution in [0.3, 0.4) is 0 Å². The lowest BCUT2D eigenvalue weighted by molar-refractivity contribution is -0.384. The number of para-hydroxylation sites is 1. The van der Waals surface area contributed by atoms with Crippen LogP contribution in [0, 0.1) is 10.1 Å². The van der Waals surface area contributed by atoms with Crippen LogP contribution in [0.4, 0.5) is 11.4 Å². The molecule has 0 aliphatic rings. The summed E-state index contributed by atoms with van der Waals surface area (Å²) in [5.74, 6) is 0. The minimum absolute atomic E-state index is 0.00307. The van der Waals surface area contributed by atoms with Gasteiger partial charge in [0.25, 0.3) is 5.69 Å². The van der Waals surface area contributed by atoms with E-state index in [9.17, 15) is 18.5 Å². The van der Waals surface area contributed by atoms with E-state index in [4.69, 9.17) is 0 Å². The van der Waals surface area contributed by atoms with Crippen LogP contribution < -0.4 is 10.0 Å². The molecule has 0 spiro atoms. The summed E-state index contributed by atoms with van der Waals surface area (Å²) in [6.07, 6.45) is 2.74. The SMILES string of the molecule is O=[N+]([O-])c1ccc(NCCNS(=O)(=O)c2cnn(-c3ccccc3)c2)cc1. The zero-order chi connectivity index (χ0) is 19.3. The van der Waals surface area contributed by atoms with E-state index >= 15 is 0 Å². The second-order valence-electron chi connectivity index (χ2n) is 5.58. The van der Waals surface area contributed by atoms with E-state index in [-0.39, 0.29) is 17.1 Å². The number of sulfonamides is 1. The van der Waals surface area contributed by atoms with Crippen LogP contribution in [-0.4, -0.2) is 36.2 Å². The van der Waals surface area contributed by atoms with E-state index in [1.54, 1.807) is 12.1 Å². The van der Waals surface area contributed by atoms with Gasteiger partial charge in [-0.2, -0.15) is 5.10 Å².